The van der Waals surface area contributed by atoms with Crippen molar-refractivity contribution in [3.8, 4) is 0 Å². The second-order valence-corrected chi connectivity index (χ2v) is 8.22. The first-order valence-electron chi connectivity index (χ1n) is 9.67. The van der Waals surface area contributed by atoms with E-state index in [0.29, 0.717) is 19.4 Å². The minimum atomic E-state index is -0.152. The van der Waals surface area contributed by atoms with Crippen LogP contribution in [0.15, 0.2) is 54.6 Å². The van der Waals surface area contributed by atoms with E-state index in [2.05, 4.69) is 16.4 Å². The third-order valence-corrected chi connectivity index (χ3v) is 6.17. The summed E-state index contributed by atoms with van der Waals surface area (Å²) in [6.07, 6.45) is 2.77. The van der Waals surface area contributed by atoms with Crippen LogP contribution in [0.4, 0.5) is 5.69 Å². The van der Waals surface area contributed by atoms with Gasteiger partial charge in [-0.2, -0.15) is 0 Å². The van der Waals surface area contributed by atoms with Crippen molar-refractivity contribution in [3.63, 3.8) is 0 Å². The van der Waals surface area contributed by atoms with Crippen LogP contribution in [0.2, 0.25) is 0 Å². The molecule has 2 heterocycles. The lowest BCUT2D eigenvalue weighted by molar-refractivity contribution is -0.134. The maximum absolute atomic E-state index is 12.7. The van der Waals surface area contributed by atoms with Gasteiger partial charge in [-0.3, -0.25) is 9.59 Å². The molecule has 0 radical (unpaired) electrons. The van der Waals surface area contributed by atoms with Crippen LogP contribution in [-0.4, -0.2) is 34.8 Å². The van der Waals surface area contributed by atoms with Gasteiger partial charge in [-0.25, -0.2) is 4.98 Å². The van der Waals surface area contributed by atoms with E-state index >= 15 is 0 Å². The lowest BCUT2D eigenvalue weighted by atomic mass is 9.96. The zero-order chi connectivity index (χ0) is 19.3. The Balaban J connectivity index is 1.32. The quantitative estimate of drug-likeness (QED) is 0.710. The van der Waals surface area contributed by atoms with Crippen molar-refractivity contribution in [1.29, 1.82) is 0 Å². The van der Waals surface area contributed by atoms with Crippen molar-refractivity contribution in [2.75, 3.05) is 18.4 Å². The normalized spacial score (nSPS) is 16.9. The smallest absolute Gasteiger partial charge is 0.229 e. The zero-order valence-corrected chi connectivity index (χ0v) is 16.5. The number of benzene rings is 2. The number of aromatic nitrogens is 1. The topological polar surface area (TPSA) is 62.3 Å². The van der Waals surface area contributed by atoms with E-state index < -0.39 is 0 Å². The Morgan fingerprint density at radius 3 is 2.71 bits per heavy atom. The first-order chi connectivity index (χ1) is 13.7. The van der Waals surface area contributed by atoms with Crippen LogP contribution in [0, 0.1) is 5.92 Å². The van der Waals surface area contributed by atoms with Gasteiger partial charge in [0, 0.05) is 31.6 Å². The molecule has 1 fully saturated rings. The number of aryl methyl sites for hydroxylation is 1. The van der Waals surface area contributed by atoms with Crippen LogP contribution in [0.1, 0.15) is 24.3 Å². The summed E-state index contributed by atoms with van der Waals surface area (Å²) in [6.45, 7) is 1.23. The van der Waals surface area contributed by atoms with Crippen LogP contribution in [0.25, 0.3) is 10.2 Å². The molecule has 0 spiro atoms. The molecule has 2 aromatic carbocycles. The molecule has 1 aromatic heterocycles. The molecule has 2 amide bonds. The van der Waals surface area contributed by atoms with Gasteiger partial charge in [-0.15, -0.1) is 11.3 Å². The lowest BCUT2D eigenvalue weighted by Crippen LogP contribution is -2.43. The first kappa shape index (κ1) is 18.6. The van der Waals surface area contributed by atoms with Crippen LogP contribution >= 0.6 is 11.3 Å². The summed E-state index contributed by atoms with van der Waals surface area (Å²) in [6, 6.07) is 17.5. The molecule has 1 N–H and O–H groups in total. The third-order valence-electron chi connectivity index (χ3n) is 5.08. The minimum absolute atomic E-state index is 0.00475. The molecule has 0 saturated carbocycles. The number of thiazole rings is 1. The van der Waals surface area contributed by atoms with Crippen LogP contribution in [-0.2, 0) is 16.0 Å². The van der Waals surface area contributed by atoms with Crippen molar-refractivity contribution in [2.45, 2.75) is 25.7 Å². The van der Waals surface area contributed by atoms with Gasteiger partial charge in [0.15, 0.2) is 0 Å². The molecule has 28 heavy (non-hydrogen) atoms. The van der Waals surface area contributed by atoms with Crippen LogP contribution < -0.4 is 5.32 Å². The van der Waals surface area contributed by atoms with Gasteiger partial charge >= 0.3 is 0 Å². The number of likely N-dealkylation sites (tertiary alicyclic amines) is 1. The fourth-order valence-electron chi connectivity index (χ4n) is 3.58. The second kappa shape index (κ2) is 8.52. The van der Waals surface area contributed by atoms with Gasteiger partial charge in [0.2, 0.25) is 11.8 Å². The van der Waals surface area contributed by atoms with Crippen LogP contribution in [0.5, 0.6) is 0 Å². The highest BCUT2D eigenvalue weighted by atomic mass is 32.1. The molecule has 5 nitrogen and oxygen atoms in total. The molecule has 1 aliphatic heterocycles. The van der Waals surface area contributed by atoms with E-state index in [4.69, 9.17) is 0 Å². The minimum Gasteiger partial charge on any atom is -0.342 e. The van der Waals surface area contributed by atoms with Crippen LogP contribution in [0.3, 0.4) is 0 Å². The fraction of sp³-hybridized carbons (Fsp3) is 0.318. The number of carbonyl (C=O) groups excluding carboxylic acids is 2. The summed E-state index contributed by atoms with van der Waals surface area (Å²) in [4.78, 5) is 31.7. The second-order valence-electron chi connectivity index (χ2n) is 7.11. The number of para-hydroxylation sites is 2. The average Bonchev–Trinajstić information content (AvgIpc) is 3.16. The van der Waals surface area contributed by atoms with Crippen molar-refractivity contribution in [3.05, 3.63) is 59.6 Å². The van der Waals surface area contributed by atoms with Crippen molar-refractivity contribution in [1.82, 2.24) is 9.88 Å². The van der Waals surface area contributed by atoms with Gasteiger partial charge in [0.1, 0.15) is 0 Å². The number of rotatable bonds is 5. The van der Waals surface area contributed by atoms with E-state index in [1.165, 1.54) is 0 Å². The molecule has 0 aliphatic carbocycles. The van der Waals surface area contributed by atoms with Crippen molar-refractivity contribution < 1.29 is 9.59 Å². The van der Waals surface area contributed by atoms with Crippen molar-refractivity contribution in [2.24, 2.45) is 5.92 Å². The maximum Gasteiger partial charge on any atom is 0.229 e. The van der Waals surface area contributed by atoms with Gasteiger partial charge in [0.25, 0.3) is 0 Å². The molecule has 1 atom stereocenters. The number of piperidine rings is 1. The third kappa shape index (κ3) is 4.39. The Labute approximate surface area is 168 Å². The molecule has 144 valence electrons. The Hall–Kier alpha value is -2.73. The molecular weight excluding hydrogens is 370 g/mol. The Morgan fingerprint density at radius 1 is 1.11 bits per heavy atom. The predicted octanol–water partition coefficient (Wildman–Crippen LogP) is 4.11. The summed E-state index contributed by atoms with van der Waals surface area (Å²) in [7, 11) is 0. The number of nitrogens with one attached hydrogen (secondary N) is 1. The Bertz CT molecular complexity index is 937. The Kier molecular flexibility index (Phi) is 5.67. The number of carbonyl (C=O) groups is 2. The first-order valence-corrected chi connectivity index (χ1v) is 10.5. The van der Waals surface area contributed by atoms with E-state index in [-0.39, 0.29) is 17.7 Å². The summed E-state index contributed by atoms with van der Waals surface area (Å²) in [5.74, 6) is -0.0494. The largest absolute Gasteiger partial charge is 0.342 e. The van der Waals surface area contributed by atoms with E-state index in [9.17, 15) is 9.59 Å². The lowest BCUT2D eigenvalue weighted by Gasteiger charge is -2.32. The molecule has 1 unspecified atom stereocenters. The molecule has 3 aromatic rings. The highest BCUT2D eigenvalue weighted by Crippen LogP contribution is 2.24. The SMILES string of the molecule is O=C(Nc1ccccc1)C1CCCN(C(=O)CCc2nc3ccccc3s2)C1. The predicted molar refractivity (Wildman–Crippen MR) is 112 cm³/mol. The maximum atomic E-state index is 12.7. The summed E-state index contributed by atoms with van der Waals surface area (Å²) in [5, 5.41) is 3.95. The zero-order valence-electron chi connectivity index (χ0n) is 15.6. The number of fused-ring (bicyclic) bond motifs is 1. The van der Waals surface area contributed by atoms with Gasteiger partial charge in [-0.05, 0) is 37.1 Å². The van der Waals surface area contributed by atoms with Crippen molar-refractivity contribution >= 4 is 39.1 Å². The number of anilines is 1. The summed E-state index contributed by atoms with van der Waals surface area (Å²) >= 11 is 1.65. The number of hydrogen-bond donors (Lipinski definition) is 1. The summed E-state index contributed by atoms with van der Waals surface area (Å²) in [5.41, 5.74) is 1.79. The summed E-state index contributed by atoms with van der Waals surface area (Å²) < 4.78 is 1.15. The molecular formula is C22H23N3O2S. The van der Waals surface area contributed by atoms with E-state index in [1.807, 2.05) is 53.4 Å². The number of amides is 2. The van der Waals surface area contributed by atoms with Gasteiger partial charge in [0.05, 0.1) is 21.1 Å². The molecule has 1 aliphatic rings. The average molecular weight is 394 g/mol. The molecule has 1 saturated heterocycles. The molecule has 6 heteroatoms. The van der Waals surface area contributed by atoms with Gasteiger partial charge < -0.3 is 10.2 Å². The molecule has 4 rings (SSSR count). The number of hydrogen-bond acceptors (Lipinski definition) is 4. The highest BCUT2D eigenvalue weighted by molar-refractivity contribution is 7.18. The molecule has 0 bridgehead atoms. The number of nitrogens with zero attached hydrogens (tertiary/aromatic N) is 2. The standard InChI is InChI=1S/C22H23N3O2S/c26-21(13-12-20-24-18-10-4-5-11-19(18)28-20)25-14-6-7-16(15-25)22(27)23-17-8-2-1-3-9-17/h1-5,8-11,16H,6-7,12-15H2,(H,23,27). The van der Waals surface area contributed by atoms with E-state index in [1.54, 1.807) is 11.3 Å². The monoisotopic (exact) mass is 393 g/mol. The van der Waals surface area contributed by atoms with Gasteiger partial charge in [-0.1, -0.05) is 30.3 Å². The highest BCUT2D eigenvalue weighted by Gasteiger charge is 2.28. The van der Waals surface area contributed by atoms with E-state index in [0.717, 1.165) is 40.3 Å². The Morgan fingerprint density at radius 2 is 1.89 bits per heavy atom. The fourth-order valence-corrected chi connectivity index (χ4v) is 4.55.